The lowest BCUT2D eigenvalue weighted by Crippen LogP contribution is -2.18. The first kappa shape index (κ1) is 15.3. The lowest BCUT2D eigenvalue weighted by atomic mass is 10.1. The van der Waals surface area contributed by atoms with Gasteiger partial charge in [0.05, 0.1) is 16.3 Å². The van der Waals surface area contributed by atoms with Crippen molar-refractivity contribution in [2.75, 3.05) is 18.1 Å². The molecule has 112 valence electrons. The van der Waals surface area contributed by atoms with Crippen LogP contribution in [0.2, 0.25) is 0 Å². The Morgan fingerprint density at radius 2 is 1.76 bits per heavy atom. The molecule has 21 heavy (non-hydrogen) atoms. The maximum Gasteiger partial charge on any atom is 0.240 e. The van der Waals surface area contributed by atoms with Crippen LogP contribution in [0.1, 0.15) is 11.1 Å². The maximum absolute atomic E-state index is 11.7. The predicted octanol–water partition coefficient (Wildman–Crippen LogP) is 2.54. The molecule has 2 rings (SSSR count). The topological polar surface area (TPSA) is 84.2 Å². The lowest BCUT2D eigenvalue weighted by Gasteiger charge is -2.14. The molecular weight excluding hydrogens is 286 g/mol. The van der Waals surface area contributed by atoms with E-state index >= 15 is 0 Å². The quantitative estimate of drug-likeness (QED) is 0.758. The predicted molar refractivity (Wildman–Crippen MR) is 86.3 cm³/mol. The summed E-state index contributed by atoms with van der Waals surface area (Å²) in [5, 5.41) is 3.24. The molecule has 0 fully saturated rings. The minimum Gasteiger partial charge on any atom is -0.397 e. The van der Waals surface area contributed by atoms with Crippen molar-refractivity contribution in [1.29, 1.82) is 0 Å². The summed E-state index contributed by atoms with van der Waals surface area (Å²) in [6, 6.07) is 10.6. The van der Waals surface area contributed by atoms with Gasteiger partial charge in [-0.2, -0.15) is 0 Å². The second-order valence-corrected chi connectivity index (χ2v) is 6.72. The molecule has 0 spiro atoms. The number of rotatable bonds is 4. The Balaban J connectivity index is 2.37. The van der Waals surface area contributed by atoms with E-state index in [-0.39, 0.29) is 4.90 Å². The van der Waals surface area contributed by atoms with Crippen LogP contribution in [0.3, 0.4) is 0 Å². The Morgan fingerprint density at radius 1 is 1.05 bits per heavy atom. The third-order valence-corrected chi connectivity index (χ3v) is 4.89. The summed E-state index contributed by atoms with van der Waals surface area (Å²) in [5.41, 5.74) is 10.3. The zero-order valence-corrected chi connectivity index (χ0v) is 13.1. The molecule has 0 saturated carbocycles. The fourth-order valence-electron chi connectivity index (χ4n) is 1.97. The highest BCUT2D eigenvalue weighted by atomic mass is 32.2. The van der Waals surface area contributed by atoms with Crippen LogP contribution in [0.5, 0.6) is 0 Å². The van der Waals surface area contributed by atoms with Gasteiger partial charge < -0.3 is 11.1 Å². The molecule has 0 aromatic heterocycles. The second kappa shape index (κ2) is 5.75. The van der Waals surface area contributed by atoms with E-state index in [2.05, 4.69) is 10.0 Å². The van der Waals surface area contributed by atoms with Crippen LogP contribution in [0.25, 0.3) is 0 Å². The fourth-order valence-corrected chi connectivity index (χ4v) is 2.74. The first-order valence-electron chi connectivity index (χ1n) is 6.51. The normalized spacial score (nSPS) is 11.4. The first-order valence-corrected chi connectivity index (χ1v) is 8.00. The standard InChI is InChI=1S/C15H19N3O2S/c1-10-5-4-6-14(11(10)2)18-15-8-7-12(9-13(15)16)21(19,20)17-3/h4-9,17-18H,16H2,1-3H3. The van der Waals surface area contributed by atoms with E-state index in [0.717, 1.165) is 11.3 Å². The number of sulfonamides is 1. The van der Waals surface area contributed by atoms with Crippen LogP contribution in [-0.4, -0.2) is 15.5 Å². The molecule has 6 heteroatoms. The van der Waals surface area contributed by atoms with E-state index in [0.29, 0.717) is 11.4 Å². The average Bonchev–Trinajstić information content (AvgIpc) is 2.45. The van der Waals surface area contributed by atoms with Crippen molar-refractivity contribution in [3.05, 3.63) is 47.5 Å². The molecule has 0 heterocycles. The minimum atomic E-state index is -3.48. The molecule has 0 aliphatic heterocycles. The highest BCUT2D eigenvalue weighted by molar-refractivity contribution is 7.89. The molecule has 5 nitrogen and oxygen atoms in total. The van der Waals surface area contributed by atoms with E-state index in [1.54, 1.807) is 6.07 Å². The molecule has 2 aromatic carbocycles. The van der Waals surface area contributed by atoms with Crippen molar-refractivity contribution in [2.24, 2.45) is 0 Å². The molecule has 0 unspecified atom stereocenters. The van der Waals surface area contributed by atoms with Crippen molar-refractivity contribution in [1.82, 2.24) is 4.72 Å². The Labute approximate surface area is 125 Å². The number of benzene rings is 2. The van der Waals surface area contributed by atoms with Gasteiger partial charge in [0, 0.05) is 5.69 Å². The second-order valence-electron chi connectivity index (χ2n) is 4.83. The Morgan fingerprint density at radius 3 is 2.38 bits per heavy atom. The first-order chi connectivity index (χ1) is 9.85. The highest BCUT2D eigenvalue weighted by Crippen LogP contribution is 2.28. The van der Waals surface area contributed by atoms with Gasteiger partial charge in [0.15, 0.2) is 0 Å². The fraction of sp³-hybridized carbons (Fsp3) is 0.200. The number of nitrogens with one attached hydrogen (secondary N) is 2. The summed E-state index contributed by atoms with van der Waals surface area (Å²) in [6.07, 6.45) is 0. The molecule has 0 saturated heterocycles. The maximum atomic E-state index is 11.7. The van der Waals surface area contributed by atoms with Gasteiger partial charge in [-0.15, -0.1) is 0 Å². The van der Waals surface area contributed by atoms with Gasteiger partial charge in [0.25, 0.3) is 0 Å². The molecule has 0 radical (unpaired) electrons. The highest BCUT2D eigenvalue weighted by Gasteiger charge is 2.13. The SMILES string of the molecule is CNS(=O)(=O)c1ccc(Nc2cccc(C)c2C)c(N)c1. The summed E-state index contributed by atoms with van der Waals surface area (Å²) in [6.45, 7) is 4.06. The summed E-state index contributed by atoms with van der Waals surface area (Å²) < 4.78 is 25.7. The number of nitrogen functional groups attached to an aromatic ring is 1. The van der Waals surface area contributed by atoms with Gasteiger partial charge in [0.1, 0.15) is 0 Å². The summed E-state index contributed by atoms with van der Waals surface area (Å²) in [4.78, 5) is 0.147. The lowest BCUT2D eigenvalue weighted by molar-refractivity contribution is 0.588. The van der Waals surface area contributed by atoms with Crippen molar-refractivity contribution in [3.63, 3.8) is 0 Å². The molecule has 0 aliphatic carbocycles. The van der Waals surface area contributed by atoms with E-state index in [9.17, 15) is 8.42 Å². The number of nitrogens with two attached hydrogens (primary N) is 1. The van der Waals surface area contributed by atoms with Crippen LogP contribution in [0.4, 0.5) is 17.1 Å². The van der Waals surface area contributed by atoms with E-state index in [1.165, 1.54) is 24.7 Å². The van der Waals surface area contributed by atoms with E-state index in [1.807, 2.05) is 32.0 Å². The van der Waals surface area contributed by atoms with Gasteiger partial charge in [-0.1, -0.05) is 12.1 Å². The van der Waals surface area contributed by atoms with Gasteiger partial charge in [-0.05, 0) is 56.3 Å². The molecular formula is C15H19N3O2S. The van der Waals surface area contributed by atoms with Crippen molar-refractivity contribution < 1.29 is 8.42 Å². The van der Waals surface area contributed by atoms with Gasteiger partial charge in [0.2, 0.25) is 10.0 Å². The molecule has 0 amide bonds. The third-order valence-electron chi connectivity index (χ3n) is 3.48. The van der Waals surface area contributed by atoms with E-state index in [4.69, 9.17) is 5.73 Å². The smallest absolute Gasteiger partial charge is 0.240 e. The van der Waals surface area contributed by atoms with Crippen molar-refractivity contribution >= 4 is 27.1 Å². The van der Waals surface area contributed by atoms with Crippen LogP contribution in [0, 0.1) is 13.8 Å². The Kier molecular flexibility index (Phi) is 4.20. The molecule has 2 aromatic rings. The van der Waals surface area contributed by atoms with Crippen LogP contribution in [-0.2, 0) is 10.0 Å². The Hall–Kier alpha value is -2.05. The number of anilines is 3. The Bertz CT molecular complexity index is 770. The number of hydrogen-bond acceptors (Lipinski definition) is 4. The minimum absolute atomic E-state index is 0.147. The average molecular weight is 305 g/mol. The zero-order chi connectivity index (χ0) is 15.6. The molecule has 0 aliphatic rings. The van der Waals surface area contributed by atoms with Crippen LogP contribution in [0.15, 0.2) is 41.3 Å². The summed E-state index contributed by atoms with van der Waals surface area (Å²) in [7, 11) is -2.11. The molecule has 0 bridgehead atoms. The van der Waals surface area contributed by atoms with Crippen LogP contribution >= 0.6 is 0 Å². The van der Waals surface area contributed by atoms with Gasteiger partial charge >= 0.3 is 0 Å². The van der Waals surface area contributed by atoms with Crippen molar-refractivity contribution in [3.8, 4) is 0 Å². The number of hydrogen-bond donors (Lipinski definition) is 3. The van der Waals surface area contributed by atoms with Crippen molar-refractivity contribution in [2.45, 2.75) is 18.7 Å². The zero-order valence-electron chi connectivity index (χ0n) is 12.3. The van der Waals surface area contributed by atoms with Gasteiger partial charge in [-0.3, -0.25) is 0 Å². The summed E-state index contributed by atoms with van der Waals surface area (Å²) in [5.74, 6) is 0. The number of aryl methyl sites for hydroxylation is 1. The third kappa shape index (κ3) is 3.17. The largest absolute Gasteiger partial charge is 0.397 e. The molecule has 0 atom stereocenters. The van der Waals surface area contributed by atoms with Crippen LogP contribution < -0.4 is 15.8 Å². The molecule has 4 N–H and O–H groups in total. The monoisotopic (exact) mass is 305 g/mol. The summed E-state index contributed by atoms with van der Waals surface area (Å²) >= 11 is 0. The van der Waals surface area contributed by atoms with Gasteiger partial charge in [-0.25, -0.2) is 13.1 Å². The van der Waals surface area contributed by atoms with E-state index < -0.39 is 10.0 Å².